The molecule has 1 aromatic carbocycles. The summed E-state index contributed by atoms with van der Waals surface area (Å²) in [6.45, 7) is 0.557. The molecule has 2 aromatic rings. The van der Waals surface area contributed by atoms with Crippen molar-refractivity contribution in [3.63, 3.8) is 0 Å². The molecule has 0 radical (unpaired) electrons. The number of H-pyrrole nitrogens is 1. The van der Waals surface area contributed by atoms with Gasteiger partial charge in [-0.05, 0) is 5.56 Å². The maximum absolute atomic E-state index is 11.7. The van der Waals surface area contributed by atoms with E-state index in [1.807, 2.05) is 30.3 Å². The SMILES string of the molecule is O=[S@@](C[C@H](O)COCc1ccccc1)c1ncn[nH]1. The van der Waals surface area contributed by atoms with Crippen molar-refractivity contribution >= 4 is 10.8 Å². The second-order valence-electron chi connectivity index (χ2n) is 3.96. The molecule has 19 heavy (non-hydrogen) atoms. The molecule has 7 heteroatoms. The average molecular weight is 281 g/mol. The highest BCUT2D eigenvalue weighted by Gasteiger charge is 2.13. The molecule has 2 N–H and O–H groups in total. The van der Waals surface area contributed by atoms with Crippen molar-refractivity contribution < 1.29 is 14.1 Å². The second kappa shape index (κ2) is 7.13. The Balaban J connectivity index is 1.70. The lowest BCUT2D eigenvalue weighted by Crippen LogP contribution is -2.23. The van der Waals surface area contributed by atoms with Crippen LogP contribution in [0.25, 0.3) is 0 Å². The predicted molar refractivity (Wildman–Crippen MR) is 69.8 cm³/mol. The standard InChI is InChI=1S/C12H15N3O3S/c16-11(8-19(17)12-13-9-14-15-12)7-18-6-10-4-2-1-3-5-10/h1-5,9,11,16H,6-8H2,(H,13,14,15)/t11-,19+/m1/s1. The second-order valence-corrected chi connectivity index (χ2v) is 5.37. The third-order valence-electron chi connectivity index (χ3n) is 2.37. The van der Waals surface area contributed by atoms with Crippen molar-refractivity contribution in [3.05, 3.63) is 42.2 Å². The Bertz CT molecular complexity index is 504. The number of aromatic amines is 1. The van der Waals surface area contributed by atoms with E-state index in [2.05, 4.69) is 15.2 Å². The molecule has 0 saturated carbocycles. The Labute approximate surface area is 113 Å². The van der Waals surface area contributed by atoms with Gasteiger partial charge in [0.25, 0.3) is 0 Å². The van der Waals surface area contributed by atoms with Crippen LogP contribution in [0.1, 0.15) is 5.56 Å². The van der Waals surface area contributed by atoms with Gasteiger partial charge in [-0.2, -0.15) is 5.10 Å². The summed E-state index contributed by atoms with van der Waals surface area (Å²) in [5, 5.41) is 16.1. The molecule has 1 heterocycles. The Kier molecular flexibility index (Phi) is 5.20. The fraction of sp³-hybridized carbons (Fsp3) is 0.333. The van der Waals surface area contributed by atoms with E-state index < -0.39 is 16.9 Å². The van der Waals surface area contributed by atoms with Gasteiger partial charge >= 0.3 is 0 Å². The normalized spacial score (nSPS) is 14.2. The minimum absolute atomic E-state index is 0.0734. The number of benzene rings is 1. The third kappa shape index (κ3) is 4.55. The highest BCUT2D eigenvalue weighted by atomic mass is 32.2. The van der Waals surface area contributed by atoms with E-state index in [-0.39, 0.29) is 17.5 Å². The first-order valence-electron chi connectivity index (χ1n) is 5.79. The van der Waals surface area contributed by atoms with Gasteiger partial charge in [0, 0.05) is 0 Å². The molecule has 2 rings (SSSR count). The van der Waals surface area contributed by atoms with Crippen LogP contribution in [0.5, 0.6) is 0 Å². The lowest BCUT2D eigenvalue weighted by atomic mass is 10.2. The van der Waals surface area contributed by atoms with Gasteiger partial charge in [0.2, 0.25) is 5.16 Å². The van der Waals surface area contributed by atoms with Crippen LogP contribution in [0.4, 0.5) is 0 Å². The summed E-state index contributed by atoms with van der Waals surface area (Å²) in [6.07, 6.45) is 0.487. The van der Waals surface area contributed by atoms with E-state index in [9.17, 15) is 9.32 Å². The average Bonchev–Trinajstić information content (AvgIpc) is 2.94. The van der Waals surface area contributed by atoms with Crippen LogP contribution in [-0.2, 0) is 22.1 Å². The molecule has 1 aromatic heterocycles. The number of nitrogens with one attached hydrogen (secondary N) is 1. The highest BCUT2D eigenvalue weighted by molar-refractivity contribution is 7.84. The van der Waals surface area contributed by atoms with Crippen molar-refractivity contribution in [2.24, 2.45) is 0 Å². The summed E-state index contributed by atoms with van der Waals surface area (Å²) >= 11 is 0. The largest absolute Gasteiger partial charge is 0.390 e. The van der Waals surface area contributed by atoms with E-state index in [1.165, 1.54) is 6.33 Å². The lowest BCUT2D eigenvalue weighted by molar-refractivity contribution is 0.0394. The molecule has 0 aliphatic rings. The topological polar surface area (TPSA) is 88.1 Å². The molecule has 0 saturated heterocycles. The smallest absolute Gasteiger partial charge is 0.214 e. The molecule has 0 aliphatic heterocycles. The Morgan fingerprint density at radius 1 is 1.37 bits per heavy atom. The van der Waals surface area contributed by atoms with E-state index in [0.29, 0.717) is 6.61 Å². The van der Waals surface area contributed by atoms with Crippen LogP contribution in [0.15, 0.2) is 41.8 Å². The first kappa shape index (κ1) is 13.9. The minimum Gasteiger partial charge on any atom is -0.390 e. The van der Waals surface area contributed by atoms with Gasteiger partial charge in [0.1, 0.15) is 6.33 Å². The zero-order chi connectivity index (χ0) is 13.5. The summed E-state index contributed by atoms with van der Waals surface area (Å²) < 4.78 is 17.1. The summed E-state index contributed by atoms with van der Waals surface area (Å²) in [5.74, 6) is 0.0734. The minimum atomic E-state index is -1.39. The monoisotopic (exact) mass is 281 g/mol. The van der Waals surface area contributed by atoms with E-state index in [0.717, 1.165) is 5.56 Å². The van der Waals surface area contributed by atoms with Crippen LogP contribution < -0.4 is 0 Å². The number of nitrogens with zero attached hydrogens (tertiary/aromatic N) is 2. The van der Waals surface area contributed by atoms with Crippen molar-refractivity contribution in [1.29, 1.82) is 0 Å². The van der Waals surface area contributed by atoms with Crippen LogP contribution in [-0.4, -0.2) is 43.0 Å². The van der Waals surface area contributed by atoms with Gasteiger partial charge in [-0.1, -0.05) is 30.3 Å². The highest BCUT2D eigenvalue weighted by Crippen LogP contribution is 2.03. The predicted octanol–water partition coefficient (Wildman–Crippen LogP) is 0.490. The van der Waals surface area contributed by atoms with E-state index in [4.69, 9.17) is 4.74 Å². The van der Waals surface area contributed by atoms with Crippen LogP contribution in [0.3, 0.4) is 0 Å². The quantitative estimate of drug-likeness (QED) is 0.771. The fourth-order valence-electron chi connectivity index (χ4n) is 1.49. The van der Waals surface area contributed by atoms with Gasteiger partial charge in [0.15, 0.2) is 0 Å². The van der Waals surface area contributed by atoms with Crippen LogP contribution in [0, 0.1) is 0 Å². The number of aliphatic hydroxyl groups is 1. The number of ether oxygens (including phenoxy) is 1. The molecule has 0 aliphatic carbocycles. The molecule has 0 amide bonds. The van der Waals surface area contributed by atoms with Gasteiger partial charge in [-0.3, -0.25) is 9.31 Å². The van der Waals surface area contributed by atoms with Crippen LogP contribution in [0.2, 0.25) is 0 Å². The van der Waals surface area contributed by atoms with Gasteiger partial charge < -0.3 is 9.84 Å². The zero-order valence-electron chi connectivity index (χ0n) is 10.2. The summed E-state index contributed by atoms with van der Waals surface area (Å²) in [5.41, 5.74) is 1.03. The maximum atomic E-state index is 11.7. The summed E-state index contributed by atoms with van der Waals surface area (Å²) in [7, 11) is -1.39. The third-order valence-corrected chi connectivity index (χ3v) is 3.69. The lowest BCUT2D eigenvalue weighted by Gasteiger charge is -2.10. The zero-order valence-corrected chi connectivity index (χ0v) is 11.0. The molecule has 2 atom stereocenters. The number of aliphatic hydroxyl groups excluding tert-OH is 1. The molecule has 0 bridgehead atoms. The number of aromatic nitrogens is 3. The first-order valence-corrected chi connectivity index (χ1v) is 7.11. The van der Waals surface area contributed by atoms with Gasteiger partial charge in [0.05, 0.1) is 35.9 Å². The molecular formula is C12H15N3O3S. The van der Waals surface area contributed by atoms with Crippen molar-refractivity contribution in [2.45, 2.75) is 17.9 Å². The fourth-order valence-corrected chi connectivity index (χ4v) is 2.42. The molecular weight excluding hydrogens is 266 g/mol. The Morgan fingerprint density at radius 3 is 2.84 bits per heavy atom. The van der Waals surface area contributed by atoms with Gasteiger partial charge in [-0.25, -0.2) is 4.98 Å². The Morgan fingerprint density at radius 2 is 2.16 bits per heavy atom. The first-order chi connectivity index (χ1) is 9.25. The van der Waals surface area contributed by atoms with E-state index in [1.54, 1.807) is 0 Å². The molecule has 102 valence electrons. The maximum Gasteiger partial charge on any atom is 0.214 e. The van der Waals surface area contributed by atoms with Crippen LogP contribution >= 0.6 is 0 Å². The summed E-state index contributed by atoms with van der Waals surface area (Å²) in [6, 6.07) is 9.67. The van der Waals surface area contributed by atoms with Crippen molar-refractivity contribution in [1.82, 2.24) is 15.2 Å². The van der Waals surface area contributed by atoms with Crippen molar-refractivity contribution in [3.8, 4) is 0 Å². The molecule has 0 spiro atoms. The molecule has 0 fully saturated rings. The van der Waals surface area contributed by atoms with Crippen molar-refractivity contribution in [2.75, 3.05) is 12.4 Å². The van der Waals surface area contributed by atoms with Gasteiger partial charge in [-0.15, -0.1) is 0 Å². The molecule has 0 unspecified atom stereocenters. The summed E-state index contributed by atoms with van der Waals surface area (Å²) in [4.78, 5) is 3.78. The Hall–Kier alpha value is -1.57. The number of rotatable bonds is 7. The number of hydrogen-bond acceptors (Lipinski definition) is 5. The molecule has 6 nitrogen and oxygen atoms in total. The van der Waals surface area contributed by atoms with E-state index >= 15 is 0 Å². The number of hydrogen-bond donors (Lipinski definition) is 2.